The fraction of sp³-hybridized carbons (Fsp3) is 0.682. The molecule has 1 amide bonds. The molecule has 0 unspecified atom stereocenters. The maximum absolute atomic E-state index is 12.8. The molecule has 0 aliphatic rings. The van der Waals surface area contributed by atoms with Gasteiger partial charge < -0.3 is 13.8 Å². The van der Waals surface area contributed by atoms with Gasteiger partial charge in [0.05, 0.1) is 13.4 Å². The summed E-state index contributed by atoms with van der Waals surface area (Å²) in [4.78, 5) is 14.6. The molecule has 1 aromatic carbocycles. The number of methoxy groups -OCH3 is 1. The second kappa shape index (κ2) is 12.7. The van der Waals surface area contributed by atoms with E-state index in [-0.39, 0.29) is 11.7 Å². The first-order valence-corrected chi connectivity index (χ1v) is 12.3. The van der Waals surface area contributed by atoms with Crippen LogP contribution in [-0.2, 0) is 21.5 Å². The lowest BCUT2D eigenvalue weighted by atomic mass is 10.1. The van der Waals surface area contributed by atoms with Gasteiger partial charge in [0.1, 0.15) is 0 Å². The van der Waals surface area contributed by atoms with Crippen LogP contribution in [0.25, 0.3) is 0 Å². The summed E-state index contributed by atoms with van der Waals surface area (Å²) in [5.41, 5.74) is 0.807. The van der Waals surface area contributed by atoms with E-state index >= 15 is 0 Å². The van der Waals surface area contributed by atoms with Gasteiger partial charge in [0.2, 0.25) is 5.91 Å². The third-order valence-corrected chi connectivity index (χ3v) is 5.01. The maximum Gasteiger partial charge on any atom is 0.306 e. The number of rotatable bonds is 14. The molecule has 166 valence electrons. The van der Waals surface area contributed by atoms with Gasteiger partial charge in [0, 0.05) is 19.5 Å². The number of hydrogen-bond acceptors (Lipinski definition) is 5. The topological polar surface area (TPSA) is 72.9 Å². The number of nitrogens with zero attached hydrogens (tertiary/aromatic N) is 1. The molecular formula is C22H37NO5S. The molecule has 6 nitrogen and oxygen atoms in total. The number of carbonyl (C=O) groups excluding carboxylic acids is 1. The van der Waals surface area contributed by atoms with Crippen molar-refractivity contribution >= 4 is 16.0 Å². The Bertz CT molecular complexity index is 731. The molecule has 0 spiro atoms. The molecule has 0 radical (unpaired) electrons. The van der Waals surface area contributed by atoms with Crippen molar-refractivity contribution in [2.45, 2.75) is 72.3 Å². The highest BCUT2D eigenvalue weighted by atomic mass is 32.2. The molecule has 29 heavy (non-hydrogen) atoms. The normalized spacial score (nSPS) is 11.5. The molecule has 0 heterocycles. The molecule has 0 N–H and O–H groups in total. The van der Waals surface area contributed by atoms with Crippen molar-refractivity contribution in [1.82, 2.24) is 4.90 Å². The number of unbranched alkanes of at least 4 members (excludes halogenated alkanes) is 5. The molecule has 0 fully saturated rings. The summed E-state index contributed by atoms with van der Waals surface area (Å²) in [6.45, 7) is 7.42. The van der Waals surface area contributed by atoms with E-state index in [1.807, 2.05) is 11.0 Å². The van der Waals surface area contributed by atoms with Crippen LogP contribution in [0.4, 0.5) is 0 Å². The lowest BCUT2D eigenvalue weighted by Crippen LogP contribution is -2.33. The van der Waals surface area contributed by atoms with Crippen molar-refractivity contribution in [2.24, 2.45) is 5.92 Å². The van der Waals surface area contributed by atoms with E-state index in [0.717, 1.165) is 24.7 Å². The van der Waals surface area contributed by atoms with Crippen LogP contribution in [0, 0.1) is 5.92 Å². The molecular weight excluding hydrogens is 390 g/mol. The largest absolute Gasteiger partial charge is 0.493 e. The average molecular weight is 428 g/mol. The van der Waals surface area contributed by atoms with Crippen LogP contribution in [-0.4, -0.2) is 39.1 Å². The van der Waals surface area contributed by atoms with Gasteiger partial charge in [0.25, 0.3) is 0 Å². The summed E-state index contributed by atoms with van der Waals surface area (Å²) in [5, 5.41) is 0. The molecule has 0 saturated carbocycles. The van der Waals surface area contributed by atoms with E-state index < -0.39 is 10.1 Å². The Balaban J connectivity index is 2.81. The van der Waals surface area contributed by atoms with Crippen LogP contribution in [0.1, 0.15) is 71.3 Å². The molecule has 0 bridgehead atoms. The van der Waals surface area contributed by atoms with E-state index in [4.69, 9.17) is 8.92 Å². The fourth-order valence-electron chi connectivity index (χ4n) is 3.18. The summed E-state index contributed by atoms with van der Waals surface area (Å²) < 4.78 is 33.3. The van der Waals surface area contributed by atoms with Crippen LogP contribution < -0.4 is 8.92 Å². The lowest BCUT2D eigenvalue weighted by Gasteiger charge is -2.25. The van der Waals surface area contributed by atoms with Crippen LogP contribution >= 0.6 is 0 Å². The van der Waals surface area contributed by atoms with Crippen molar-refractivity contribution in [2.75, 3.05) is 19.9 Å². The van der Waals surface area contributed by atoms with Crippen molar-refractivity contribution in [3.8, 4) is 11.5 Å². The number of carbonyl (C=O) groups is 1. The molecule has 0 saturated heterocycles. The maximum atomic E-state index is 12.8. The monoisotopic (exact) mass is 427 g/mol. The predicted octanol–water partition coefficient (Wildman–Crippen LogP) is 4.77. The van der Waals surface area contributed by atoms with Gasteiger partial charge >= 0.3 is 10.1 Å². The minimum atomic E-state index is -3.67. The second-order valence-corrected chi connectivity index (χ2v) is 9.53. The number of ether oxygens (including phenoxy) is 1. The zero-order valence-corrected chi connectivity index (χ0v) is 19.4. The van der Waals surface area contributed by atoms with Gasteiger partial charge in [-0.05, 0) is 30.0 Å². The third kappa shape index (κ3) is 10.5. The number of benzene rings is 1. The van der Waals surface area contributed by atoms with Gasteiger partial charge in [-0.15, -0.1) is 0 Å². The van der Waals surface area contributed by atoms with Crippen LogP contribution in [0.3, 0.4) is 0 Å². The molecule has 1 rings (SSSR count). The van der Waals surface area contributed by atoms with Gasteiger partial charge in [0.15, 0.2) is 11.5 Å². The summed E-state index contributed by atoms with van der Waals surface area (Å²) in [6.07, 6.45) is 8.40. The fourth-order valence-corrected chi connectivity index (χ4v) is 3.63. The molecule has 0 aliphatic carbocycles. The standard InChI is InChI=1S/C22H37NO5S/c1-6-7-8-9-10-11-12-22(24)23(16-18(2)3)17-19-13-14-20(27-4)21(15-19)28-29(5,25)26/h13-15,18H,6-12,16-17H2,1-5H3. The summed E-state index contributed by atoms with van der Waals surface area (Å²) in [6, 6.07) is 5.13. The van der Waals surface area contributed by atoms with E-state index in [2.05, 4.69) is 20.8 Å². The third-order valence-electron chi connectivity index (χ3n) is 4.53. The zero-order chi connectivity index (χ0) is 21.9. The first-order chi connectivity index (χ1) is 13.7. The van der Waals surface area contributed by atoms with Crippen molar-refractivity contribution < 1.29 is 22.1 Å². The lowest BCUT2D eigenvalue weighted by molar-refractivity contribution is -0.132. The first-order valence-electron chi connectivity index (χ1n) is 10.5. The van der Waals surface area contributed by atoms with Crippen LogP contribution in [0.15, 0.2) is 18.2 Å². The highest BCUT2D eigenvalue weighted by Crippen LogP contribution is 2.30. The summed E-state index contributed by atoms with van der Waals surface area (Å²) >= 11 is 0. The van der Waals surface area contributed by atoms with E-state index in [0.29, 0.717) is 31.2 Å². The number of amides is 1. The van der Waals surface area contributed by atoms with E-state index in [9.17, 15) is 13.2 Å². The molecule has 0 atom stereocenters. The summed E-state index contributed by atoms with van der Waals surface area (Å²) in [5.74, 6) is 0.956. The second-order valence-electron chi connectivity index (χ2n) is 7.96. The average Bonchev–Trinajstić information content (AvgIpc) is 2.62. The Hall–Kier alpha value is -1.76. The number of hydrogen-bond donors (Lipinski definition) is 0. The molecule has 0 aromatic heterocycles. The smallest absolute Gasteiger partial charge is 0.306 e. The Morgan fingerprint density at radius 2 is 1.72 bits per heavy atom. The highest BCUT2D eigenvalue weighted by Gasteiger charge is 2.17. The first kappa shape index (κ1) is 25.3. The summed E-state index contributed by atoms with van der Waals surface area (Å²) in [7, 11) is -2.22. The Morgan fingerprint density at radius 3 is 2.31 bits per heavy atom. The van der Waals surface area contributed by atoms with E-state index in [1.54, 1.807) is 12.1 Å². The van der Waals surface area contributed by atoms with Gasteiger partial charge in [-0.2, -0.15) is 8.42 Å². The van der Waals surface area contributed by atoms with E-state index in [1.165, 1.54) is 32.8 Å². The molecule has 7 heteroatoms. The quantitative estimate of drug-likeness (QED) is 0.316. The van der Waals surface area contributed by atoms with Crippen molar-refractivity contribution in [1.29, 1.82) is 0 Å². The predicted molar refractivity (Wildman–Crippen MR) is 117 cm³/mol. The van der Waals surface area contributed by atoms with Crippen molar-refractivity contribution in [3.05, 3.63) is 23.8 Å². The minimum Gasteiger partial charge on any atom is -0.493 e. The Morgan fingerprint density at radius 1 is 1.07 bits per heavy atom. The zero-order valence-electron chi connectivity index (χ0n) is 18.6. The molecule has 0 aliphatic heterocycles. The van der Waals surface area contributed by atoms with Crippen LogP contribution in [0.2, 0.25) is 0 Å². The highest BCUT2D eigenvalue weighted by molar-refractivity contribution is 7.86. The molecule has 1 aromatic rings. The van der Waals surface area contributed by atoms with Crippen LogP contribution in [0.5, 0.6) is 11.5 Å². The van der Waals surface area contributed by atoms with Gasteiger partial charge in [-0.3, -0.25) is 4.79 Å². The minimum absolute atomic E-state index is 0.135. The Labute approximate surface area is 176 Å². The van der Waals surface area contributed by atoms with Gasteiger partial charge in [-0.25, -0.2) is 0 Å². The Kier molecular flexibility index (Phi) is 11.1. The van der Waals surface area contributed by atoms with Gasteiger partial charge in [-0.1, -0.05) is 58.9 Å². The van der Waals surface area contributed by atoms with Crippen molar-refractivity contribution in [3.63, 3.8) is 0 Å². The SMILES string of the molecule is CCCCCCCCC(=O)N(Cc1ccc(OC)c(OS(C)(=O)=O)c1)CC(C)C.